The molecule has 0 bridgehead atoms. The van der Waals surface area contributed by atoms with Gasteiger partial charge in [-0.2, -0.15) is 0 Å². The number of unbranched alkanes of at least 4 members (excludes halogenated alkanes) is 2. The van der Waals surface area contributed by atoms with Crippen LogP contribution < -0.4 is 24.8 Å². The van der Waals surface area contributed by atoms with E-state index in [9.17, 15) is 0 Å². The van der Waals surface area contributed by atoms with E-state index in [1.807, 2.05) is 18.6 Å². The molecule has 0 N–H and O–H groups in total. The molecule has 3 heteroatoms. The third kappa shape index (κ3) is 6.23. The SMILES string of the molecule is C=Cc1ccc2c(c1)-c1cc(C=C)ccc1[CH]2[Zr+2]([C]1=CC(C)=CC1C)=[C](CCCC)CCCC.[Cl-].[Cl-]. The fourth-order valence-electron chi connectivity index (χ4n) is 5.83. The molecule has 0 saturated heterocycles. The largest absolute Gasteiger partial charge is 1.00 e. The number of benzene rings is 2. The van der Waals surface area contributed by atoms with Crippen LogP contribution in [0.4, 0.5) is 0 Å². The van der Waals surface area contributed by atoms with Gasteiger partial charge in [-0.05, 0) is 0 Å². The van der Waals surface area contributed by atoms with E-state index < -0.39 is 21.3 Å². The second-order valence-corrected chi connectivity index (χ2v) is 16.7. The van der Waals surface area contributed by atoms with E-state index in [-0.39, 0.29) is 24.8 Å². The molecule has 0 fully saturated rings. The van der Waals surface area contributed by atoms with Crippen molar-refractivity contribution in [2.24, 2.45) is 5.92 Å². The number of hydrogen-bond acceptors (Lipinski definition) is 0. The zero-order valence-electron chi connectivity index (χ0n) is 22.3. The molecule has 0 aliphatic heterocycles. The molecule has 0 saturated carbocycles. The summed E-state index contributed by atoms with van der Waals surface area (Å²) in [6.07, 6.45) is 16.9. The summed E-state index contributed by atoms with van der Waals surface area (Å²) >= 11 is -2.26. The zero-order chi connectivity index (χ0) is 24.2. The van der Waals surface area contributed by atoms with Crippen molar-refractivity contribution < 1.29 is 46.1 Å². The first-order chi connectivity index (χ1) is 16.5. The molecule has 0 amide bonds. The average molecular weight is 599 g/mol. The van der Waals surface area contributed by atoms with Gasteiger partial charge in [0, 0.05) is 0 Å². The normalized spacial score (nSPS) is 15.4. The molecule has 2 aliphatic rings. The summed E-state index contributed by atoms with van der Waals surface area (Å²) in [5, 5.41) is 0. The van der Waals surface area contributed by atoms with Gasteiger partial charge in [-0.15, -0.1) is 0 Å². The maximum absolute atomic E-state index is 4.05. The molecule has 0 spiro atoms. The van der Waals surface area contributed by atoms with Crippen molar-refractivity contribution >= 4 is 15.4 Å². The van der Waals surface area contributed by atoms with Crippen LogP contribution >= 0.6 is 0 Å². The average Bonchev–Trinajstić information content (AvgIpc) is 3.35. The van der Waals surface area contributed by atoms with Crippen LogP contribution in [0.2, 0.25) is 0 Å². The molecule has 2 aliphatic carbocycles. The standard InChI is InChI=1S/C17H13.C9H18.C7H9.2ClH.Zr/c1-3-12-5-7-14-11-15-8-6-13(4-2)10-17(15)16(14)9-12;1-3-5-7-9-8-6-4-2;1-6-3-4-7(2)5-6;;;/h3-11H,1-2H2;3-8H2,1-2H3;3,5,7H,1-2H3;2*1H;/q;;;;;+2/p-2. The maximum atomic E-state index is 4.05. The van der Waals surface area contributed by atoms with Gasteiger partial charge in [-0.25, -0.2) is 0 Å². The van der Waals surface area contributed by atoms with Crippen LogP contribution in [-0.4, -0.2) is 3.21 Å². The minimum Gasteiger partial charge on any atom is -1.00 e. The predicted molar refractivity (Wildman–Crippen MR) is 149 cm³/mol. The Balaban J connectivity index is 0.00000228. The van der Waals surface area contributed by atoms with Gasteiger partial charge in [0.2, 0.25) is 0 Å². The Hall–Kier alpha value is -1.27. The van der Waals surface area contributed by atoms with E-state index in [4.69, 9.17) is 0 Å². The molecular weight excluding hydrogens is 558 g/mol. The molecule has 1 atom stereocenters. The molecule has 0 nitrogen and oxygen atoms in total. The van der Waals surface area contributed by atoms with E-state index >= 15 is 0 Å². The van der Waals surface area contributed by atoms with Crippen molar-refractivity contribution in [2.75, 3.05) is 0 Å². The fourth-order valence-corrected chi connectivity index (χ4v) is 16.0. The van der Waals surface area contributed by atoms with Crippen molar-refractivity contribution in [2.45, 2.75) is 69.8 Å². The molecule has 2 aromatic carbocycles. The van der Waals surface area contributed by atoms with E-state index in [2.05, 4.69) is 89.4 Å². The minimum atomic E-state index is -2.26. The van der Waals surface area contributed by atoms with Crippen LogP contribution in [0.3, 0.4) is 0 Å². The number of hydrogen-bond donors (Lipinski definition) is 0. The smallest absolute Gasteiger partial charge is 1.00 e. The number of halogens is 2. The van der Waals surface area contributed by atoms with Crippen molar-refractivity contribution in [1.29, 1.82) is 0 Å². The quantitative estimate of drug-likeness (QED) is 0.392. The van der Waals surface area contributed by atoms with Gasteiger partial charge >= 0.3 is 216 Å². The van der Waals surface area contributed by atoms with Crippen molar-refractivity contribution in [3.05, 3.63) is 92.8 Å². The summed E-state index contributed by atoms with van der Waals surface area (Å²) in [7, 11) is 0. The number of fused-ring (bicyclic) bond motifs is 3. The van der Waals surface area contributed by atoms with E-state index in [0.717, 1.165) is 0 Å². The van der Waals surface area contributed by atoms with Gasteiger partial charge in [-0.3, -0.25) is 0 Å². The van der Waals surface area contributed by atoms with E-state index in [1.54, 1.807) is 11.1 Å². The Morgan fingerprint density at radius 1 is 0.861 bits per heavy atom. The van der Waals surface area contributed by atoms with Gasteiger partial charge in [0.05, 0.1) is 0 Å². The molecule has 0 aromatic heterocycles. The fraction of sp³-hybridized carbons (Fsp3) is 0.364. The summed E-state index contributed by atoms with van der Waals surface area (Å²) in [5.74, 6) is 0.583. The summed E-state index contributed by atoms with van der Waals surface area (Å²) in [6.45, 7) is 17.5. The Labute approximate surface area is 239 Å². The van der Waals surface area contributed by atoms with Gasteiger partial charge in [0.15, 0.2) is 0 Å². The van der Waals surface area contributed by atoms with Gasteiger partial charge in [0.25, 0.3) is 0 Å². The third-order valence-corrected chi connectivity index (χ3v) is 16.6. The van der Waals surface area contributed by atoms with Crippen LogP contribution in [0, 0.1) is 5.92 Å². The van der Waals surface area contributed by atoms with E-state index in [1.165, 1.54) is 66.4 Å². The summed E-state index contributed by atoms with van der Waals surface area (Å²) in [6, 6.07) is 14.2. The monoisotopic (exact) mass is 596 g/mol. The summed E-state index contributed by atoms with van der Waals surface area (Å²) < 4.78 is 4.34. The second-order valence-electron chi connectivity index (χ2n) is 10.1. The van der Waals surface area contributed by atoms with Crippen LogP contribution in [0.25, 0.3) is 23.3 Å². The summed E-state index contributed by atoms with van der Waals surface area (Å²) in [4.78, 5) is 0. The Morgan fingerprint density at radius 3 is 1.75 bits per heavy atom. The predicted octanol–water partition coefficient (Wildman–Crippen LogP) is 3.70. The Kier molecular flexibility index (Phi) is 12.1. The van der Waals surface area contributed by atoms with Crippen LogP contribution in [0.5, 0.6) is 0 Å². The zero-order valence-corrected chi connectivity index (χ0v) is 26.3. The molecule has 0 radical (unpaired) electrons. The second kappa shape index (κ2) is 14.0. The van der Waals surface area contributed by atoms with Crippen LogP contribution in [0.1, 0.15) is 92.1 Å². The molecular formula is C33H40Cl2Zr. The van der Waals surface area contributed by atoms with Gasteiger partial charge in [0.1, 0.15) is 0 Å². The number of rotatable bonds is 10. The first-order valence-electron chi connectivity index (χ1n) is 13.2. The molecule has 2 aromatic rings. The van der Waals surface area contributed by atoms with Gasteiger partial charge < -0.3 is 24.8 Å². The molecule has 190 valence electrons. The Morgan fingerprint density at radius 2 is 1.36 bits per heavy atom. The minimum absolute atomic E-state index is 0. The van der Waals surface area contributed by atoms with Crippen molar-refractivity contribution in [1.82, 2.24) is 0 Å². The molecule has 0 heterocycles. The summed E-state index contributed by atoms with van der Waals surface area (Å²) in [5.41, 5.74) is 9.89. The van der Waals surface area contributed by atoms with Gasteiger partial charge in [-0.1, -0.05) is 0 Å². The van der Waals surface area contributed by atoms with Crippen LogP contribution in [-0.2, 0) is 21.3 Å². The molecule has 36 heavy (non-hydrogen) atoms. The third-order valence-electron chi connectivity index (χ3n) is 7.57. The first-order valence-corrected chi connectivity index (χ1v) is 17.0. The Bertz CT molecular complexity index is 1130. The molecule has 1 unspecified atom stereocenters. The van der Waals surface area contributed by atoms with Crippen molar-refractivity contribution in [3.63, 3.8) is 0 Å². The number of allylic oxidation sites excluding steroid dienone is 4. The van der Waals surface area contributed by atoms with E-state index in [0.29, 0.717) is 9.54 Å². The first kappa shape index (κ1) is 31.0. The molecule has 4 rings (SSSR count). The van der Waals surface area contributed by atoms with Crippen molar-refractivity contribution in [3.8, 4) is 11.1 Å². The van der Waals surface area contributed by atoms with Crippen LogP contribution in [0.15, 0.2) is 70.6 Å². The topological polar surface area (TPSA) is 0 Å². The maximum Gasteiger partial charge on any atom is -1.00 e.